The number of fused-ring (bicyclic) bond motifs is 1. The van der Waals surface area contributed by atoms with Crippen molar-refractivity contribution in [1.82, 2.24) is 24.8 Å². The van der Waals surface area contributed by atoms with Gasteiger partial charge in [-0.15, -0.1) is 0 Å². The lowest BCUT2D eigenvalue weighted by atomic mass is 10.0. The van der Waals surface area contributed by atoms with Gasteiger partial charge in [-0.2, -0.15) is 4.98 Å². The summed E-state index contributed by atoms with van der Waals surface area (Å²) in [5, 5.41) is 10.4. The van der Waals surface area contributed by atoms with Crippen molar-refractivity contribution in [3.8, 4) is 0 Å². The van der Waals surface area contributed by atoms with Crippen LogP contribution in [0.4, 0.5) is 5.95 Å². The number of allylic oxidation sites excluding steroid dienone is 1. The van der Waals surface area contributed by atoms with Crippen molar-refractivity contribution in [2.75, 3.05) is 18.5 Å². The first kappa shape index (κ1) is 19.5. The number of nitrogens with zero attached hydrogens (tertiary/aromatic N) is 4. The Hall–Kier alpha value is -3.46. The lowest BCUT2D eigenvalue weighted by Gasteiger charge is -2.21. The highest BCUT2D eigenvalue weighted by atomic mass is 16.5. The average Bonchev–Trinajstić information content (AvgIpc) is 3.44. The zero-order valence-electron chi connectivity index (χ0n) is 17.2. The van der Waals surface area contributed by atoms with Gasteiger partial charge in [0.1, 0.15) is 11.3 Å². The van der Waals surface area contributed by atoms with E-state index in [-0.39, 0.29) is 17.9 Å². The summed E-state index contributed by atoms with van der Waals surface area (Å²) < 4.78 is 12.6. The maximum Gasteiger partial charge on any atom is 0.274 e. The number of nitrogens with one attached hydrogen (secondary N) is 2. The lowest BCUT2D eigenvalue weighted by Crippen LogP contribution is -2.29. The molecule has 0 radical (unpaired) electrons. The minimum atomic E-state index is -0.209. The van der Waals surface area contributed by atoms with Gasteiger partial charge in [-0.05, 0) is 55.1 Å². The topological polar surface area (TPSA) is 107 Å². The quantitative estimate of drug-likeness (QED) is 0.653. The van der Waals surface area contributed by atoms with E-state index in [4.69, 9.17) is 9.26 Å². The summed E-state index contributed by atoms with van der Waals surface area (Å²) in [6.45, 7) is 3.43. The van der Waals surface area contributed by atoms with Gasteiger partial charge in [-0.3, -0.25) is 9.20 Å². The van der Waals surface area contributed by atoms with Gasteiger partial charge >= 0.3 is 0 Å². The van der Waals surface area contributed by atoms with Gasteiger partial charge in [0.15, 0.2) is 0 Å². The van der Waals surface area contributed by atoms with E-state index in [1.807, 2.05) is 37.4 Å². The highest BCUT2D eigenvalue weighted by molar-refractivity contribution is 5.94. The number of hydrogen-bond donors (Lipinski definition) is 2. The first-order valence-corrected chi connectivity index (χ1v) is 10.5. The van der Waals surface area contributed by atoms with Crippen LogP contribution in [-0.4, -0.2) is 44.7 Å². The highest BCUT2D eigenvalue weighted by Gasteiger charge is 2.23. The fraction of sp³-hybridized carbons (Fsp3) is 0.364. The van der Waals surface area contributed by atoms with E-state index in [0.29, 0.717) is 17.5 Å². The normalized spacial score (nSPS) is 19.7. The first-order chi connectivity index (χ1) is 15.2. The Morgan fingerprint density at radius 2 is 2.13 bits per heavy atom. The minimum absolute atomic E-state index is 0.0543. The summed E-state index contributed by atoms with van der Waals surface area (Å²) in [5.74, 6) is 1.16. The predicted octanol–water partition coefficient (Wildman–Crippen LogP) is 3.06. The van der Waals surface area contributed by atoms with Gasteiger partial charge < -0.3 is 19.9 Å². The molecule has 0 bridgehead atoms. The number of anilines is 1. The Balaban J connectivity index is 1.28. The number of carbonyl (C=O) groups excluding carboxylic acids is 1. The molecule has 1 amide bonds. The Kier molecular flexibility index (Phi) is 5.25. The fourth-order valence-electron chi connectivity index (χ4n) is 3.91. The zero-order chi connectivity index (χ0) is 21.2. The van der Waals surface area contributed by atoms with Crippen molar-refractivity contribution < 1.29 is 14.1 Å². The molecule has 31 heavy (non-hydrogen) atoms. The van der Waals surface area contributed by atoms with Crippen molar-refractivity contribution in [2.24, 2.45) is 0 Å². The molecule has 2 aliphatic rings. The smallest absolute Gasteiger partial charge is 0.274 e. The van der Waals surface area contributed by atoms with Crippen LogP contribution in [0.3, 0.4) is 0 Å². The number of ether oxygens (including phenoxy) is 1. The molecule has 0 spiro atoms. The predicted molar refractivity (Wildman–Crippen MR) is 114 cm³/mol. The number of carbonyl (C=O) groups is 1. The zero-order valence-corrected chi connectivity index (χ0v) is 17.2. The minimum Gasteiger partial charge on any atom is -0.381 e. The van der Waals surface area contributed by atoms with Crippen LogP contribution >= 0.6 is 0 Å². The summed E-state index contributed by atoms with van der Waals surface area (Å²) in [4.78, 5) is 21.7. The van der Waals surface area contributed by atoms with E-state index in [2.05, 4.69) is 31.8 Å². The van der Waals surface area contributed by atoms with Crippen molar-refractivity contribution >= 4 is 17.5 Å². The second kappa shape index (κ2) is 8.35. The van der Waals surface area contributed by atoms with E-state index < -0.39 is 0 Å². The Morgan fingerprint density at radius 1 is 1.26 bits per heavy atom. The summed E-state index contributed by atoms with van der Waals surface area (Å²) in [6.07, 6.45) is 10.0. The molecule has 1 aliphatic carbocycles. The molecule has 9 nitrogen and oxygen atoms in total. The molecule has 1 atom stereocenters. The van der Waals surface area contributed by atoms with Crippen LogP contribution in [0, 0.1) is 0 Å². The molecule has 1 saturated heterocycles. The molecule has 0 aromatic carbocycles. The molecule has 1 unspecified atom stereocenters. The maximum atomic E-state index is 12.9. The third-order valence-electron chi connectivity index (χ3n) is 5.70. The van der Waals surface area contributed by atoms with E-state index in [1.54, 1.807) is 10.6 Å². The molecule has 4 heterocycles. The summed E-state index contributed by atoms with van der Waals surface area (Å²) in [6, 6.07) is 5.57. The van der Waals surface area contributed by atoms with Gasteiger partial charge in [0.05, 0.1) is 12.2 Å². The van der Waals surface area contributed by atoms with Gasteiger partial charge in [-0.1, -0.05) is 12.1 Å². The number of imidazole rings is 1. The van der Waals surface area contributed by atoms with Crippen LogP contribution in [0.5, 0.6) is 0 Å². The summed E-state index contributed by atoms with van der Waals surface area (Å²) in [5.41, 5.74) is 2.98. The van der Waals surface area contributed by atoms with Crippen LogP contribution in [0.25, 0.3) is 5.65 Å². The third-order valence-corrected chi connectivity index (χ3v) is 5.70. The van der Waals surface area contributed by atoms with Crippen LogP contribution in [0.15, 0.2) is 58.5 Å². The molecule has 9 heteroatoms. The van der Waals surface area contributed by atoms with Gasteiger partial charge in [0.2, 0.25) is 5.89 Å². The Labute approximate surface area is 179 Å². The van der Waals surface area contributed by atoms with Crippen molar-refractivity contribution in [1.29, 1.82) is 0 Å². The van der Waals surface area contributed by atoms with Crippen LogP contribution < -0.4 is 10.6 Å². The third kappa shape index (κ3) is 4.09. The molecule has 3 aromatic rings. The number of hydrogen-bond acceptors (Lipinski definition) is 7. The Morgan fingerprint density at radius 3 is 3.00 bits per heavy atom. The van der Waals surface area contributed by atoms with E-state index in [1.165, 1.54) is 0 Å². The van der Waals surface area contributed by atoms with E-state index in [0.717, 1.165) is 49.4 Å². The average molecular weight is 420 g/mol. The molecule has 160 valence electrons. The van der Waals surface area contributed by atoms with Crippen LogP contribution in [0.1, 0.15) is 48.5 Å². The van der Waals surface area contributed by atoms with Crippen LogP contribution in [-0.2, 0) is 4.74 Å². The lowest BCUT2D eigenvalue weighted by molar-refractivity contribution is 0.0778. The largest absolute Gasteiger partial charge is 0.381 e. The standard InChI is InChI=1S/C22H24N6O3/c1-14-5-6-16(24-22-26-21(31-27-22)15-7-10-30-11-8-15)12-17(14)25-20(29)18-13-23-19-4-2-3-9-28(18)19/h2-5,9,12-13,15-16H,6-8,10-11H2,1H3,(H,24,27)(H,25,29). The summed E-state index contributed by atoms with van der Waals surface area (Å²) >= 11 is 0. The summed E-state index contributed by atoms with van der Waals surface area (Å²) in [7, 11) is 0. The van der Waals surface area contributed by atoms with E-state index >= 15 is 0 Å². The Bertz CT molecular complexity index is 1150. The molecule has 0 saturated carbocycles. The van der Waals surface area contributed by atoms with Gasteiger partial charge in [0.25, 0.3) is 11.9 Å². The number of rotatable bonds is 5. The SMILES string of the molecule is CC1=CCC(Nc2noc(C3CCOCC3)n2)C=C1NC(=O)c1cnc2ccccn12. The fourth-order valence-corrected chi connectivity index (χ4v) is 3.91. The second-order valence-corrected chi connectivity index (χ2v) is 7.82. The molecule has 5 rings (SSSR count). The highest BCUT2D eigenvalue weighted by Crippen LogP contribution is 2.27. The number of aromatic nitrogens is 4. The van der Waals surface area contributed by atoms with Crippen molar-refractivity contribution in [3.05, 3.63) is 65.6 Å². The van der Waals surface area contributed by atoms with Crippen molar-refractivity contribution in [2.45, 2.75) is 38.1 Å². The molecule has 2 N–H and O–H groups in total. The number of pyridine rings is 1. The first-order valence-electron chi connectivity index (χ1n) is 10.5. The van der Waals surface area contributed by atoms with Crippen molar-refractivity contribution in [3.63, 3.8) is 0 Å². The van der Waals surface area contributed by atoms with Gasteiger partial charge in [-0.25, -0.2) is 4.98 Å². The van der Waals surface area contributed by atoms with E-state index in [9.17, 15) is 4.79 Å². The van der Waals surface area contributed by atoms with Crippen LogP contribution in [0.2, 0.25) is 0 Å². The van der Waals surface area contributed by atoms with Gasteiger partial charge in [0, 0.05) is 31.0 Å². The monoisotopic (exact) mass is 420 g/mol. The number of amides is 1. The molecule has 3 aromatic heterocycles. The second-order valence-electron chi connectivity index (χ2n) is 7.82. The maximum absolute atomic E-state index is 12.9. The molecular formula is C22H24N6O3. The molecule has 1 aliphatic heterocycles. The molecular weight excluding hydrogens is 396 g/mol. The molecule has 1 fully saturated rings.